The van der Waals surface area contributed by atoms with Crippen molar-refractivity contribution in [1.29, 1.82) is 0 Å². The van der Waals surface area contributed by atoms with Gasteiger partial charge in [0.2, 0.25) is 0 Å². The highest BCUT2D eigenvalue weighted by molar-refractivity contribution is 6.18. The van der Waals surface area contributed by atoms with Crippen LogP contribution in [0.4, 0.5) is 5.69 Å². The van der Waals surface area contributed by atoms with Gasteiger partial charge in [0.1, 0.15) is 6.23 Å². The number of hydrogen-bond acceptors (Lipinski definition) is 4. The van der Waals surface area contributed by atoms with Crippen molar-refractivity contribution in [1.82, 2.24) is 14.8 Å². The Labute approximate surface area is 136 Å². The molecule has 0 bridgehead atoms. The number of pyridine rings is 1. The zero-order valence-electron chi connectivity index (χ0n) is 13.2. The maximum absolute atomic E-state index is 6.23. The average molecular weight is 323 g/mol. The Morgan fingerprint density at radius 3 is 2.91 bits per heavy atom. The van der Waals surface area contributed by atoms with E-state index < -0.39 is 0 Å². The van der Waals surface area contributed by atoms with Crippen molar-refractivity contribution < 1.29 is 4.74 Å². The molecule has 2 aromatic heterocycles. The molecule has 0 aromatic carbocycles. The molecule has 3 rings (SSSR count). The van der Waals surface area contributed by atoms with E-state index in [2.05, 4.69) is 24.3 Å². The zero-order valence-corrected chi connectivity index (χ0v) is 14.0. The summed E-state index contributed by atoms with van der Waals surface area (Å²) in [6, 6.07) is 0. The van der Waals surface area contributed by atoms with Crippen molar-refractivity contribution in [3.63, 3.8) is 0 Å². The van der Waals surface area contributed by atoms with Crippen LogP contribution in [-0.2, 0) is 23.6 Å². The summed E-state index contributed by atoms with van der Waals surface area (Å²) in [6.45, 7) is 5.81. The van der Waals surface area contributed by atoms with Crippen LogP contribution in [0, 0.1) is 0 Å². The summed E-state index contributed by atoms with van der Waals surface area (Å²) >= 11 is 6.23. The lowest BCUT2D eigenvalue weighted by molar-refractivity contribution is 0.0344. The molecule has 1 aliphatic rings. The summed E-state index contributed by atoms with van der Waals surface area (Å²) in [6.07, 6.45) is 6.14. The molecule has 22 heavy (non-hydrogen) atoms. The summed E-state index contributed by atoms with van der Waals surface area (Å²) < 4.78 is 7.77. The molecule has 0 amide bonds. The molecule has 1 N–H and O–H groups in total. The van der Waals surface area contributed by atoms with E-state index in [0.717, 1.165) is 60.4 Å². The molecule has 3 heterocycles. The molecule has 0 spiro atoms. The van der Waals surface area contributed by atoms with Gasteiger partial charge in [-0.25, -0.2) is 9.67 Å². The van der Waals surface area contributed by atoms with Crippen LogP contribution in [-0.4, -0.2) is 27.6 Å². The molecule has 0 saturated carbocycles. The van der Waals surface area contributed by atoms with Gasteiger partial charge in [0.15, 0.2) is 5.65 Å². The van der Waals surface area contributed by atoms with Gasteiger partial charge in [0.05, 0.1) is 23.2 Å². The van der Waals surface area contributed by atoms with Crippen LogP contribution in [0.25, 0.3) is 11.0 Å². The van der Waals surface area contributed by atoms with E-state index >= 15 is 0 Å². The molecule has 2 aromatic rings. The van der Waals surface area contributed by atoms with Crippen LogP contribution < -0.4 is 5.32 Å². The number of aromatic nitrogens is 3. The van der Waals surface area contributed by atoms with Gasteiger partial charge >= 0.3 is 0 Å². The smallest absolute Gasteiger partial charge is 0.160 e. The molecule has 1 saturated heterocycles. The fraction of sp³-hybridized carbons (Fsp3) is 0.625. The zero-order chi connectivity index (χ0) is 15.5. The van der Waals surface area contributed by atoms with Crippen LogP contribution in [0.15, 0.2) is 6.20 Å². The third-order valence-electron chi connectivity index (χ3n) is 4.23. The number of ether oxygens (including phenoxy) is 1. The van der Waals surface area contributed by atoms with E-state index in [0.29, 0.717) is 5.88 Å². The molecule has 5 nitrogen and oxygen atoms in total. The summed E-state index contributed by atoms with van der Waals surface area (Å²) in [5.41, 5.74) is 4.08. The number of nitrogens with zero attached hydrogens (tertiary/aromatic N) is 3. The van der Waals surface area contributed by atoms with E-state index in [-0.39, 0.29) is 6.23 Å². The number of anilines is 1. The van der Waals surface area contributed by atoms with Gasteiger partial charge in [0, 0.05) is 24.4 Å². The molecular formula is C16H23ClN4O. The number of halogens is 1. The highest BCUT2D eigenvalue weighted by Crippen LogP contribution is 2.32. The monoisotopic (exact) mass is 322 g/mol. The Kier molecular flexibility index (Phi) is 4.84. The molecule has 0 radical (unpaired) electrons. The fourth-order valence-electron chi connectivity index (χ4n) is 3.02. The van der Waals surface area contributed by atoms with Crippen molar-refractivity contribution in [2.75, 3.05) is 11.9 Å². The largest absolute Gasteiger partial charge is 0.359 e. The highest BCUT2D eigenvalue weighted by atomic mass is 35.5. The third-order valence-corrected chi connectivity index (χ3v) is 4.49. The molecular weight excluding hydrogens is 300 g/mol. The van der Waals surface area contributed by atoms with Crippen molar-refractivity contribution in [3.05, 3.63) is 17.5 Å². The minimum absolute atomic E-state index is 0.0519. The predicted molar refractivity (Wildman–Crippen MR) is 89.4 cm³/mol. The molecule has 6 heteroatoms. The van der Waals surface area contributed by atoms with Gasteiger partial charge in [0.25, 0.3) is 0 Å². The van der Waals surface area contributed by atoms with Crippen molar-refractivity contribution >= 4 is 28.3 Å². The van der Waals surface area contributed by atoms with Gasteiger partial charge in [-0.05, 0) is 32.6 Å². The first-order chi connectivity index (χ1) is 10.8. The third kappa shape index (κ3) is 2.79. The number of nitrogens with one attached hydrogen (secondary N) is 1. The standard InChI is InChI=1S/C16H23ClN4O/c1-3-13-11(9-17)15(20-14-7-5-6-8-22-14)12-10-18-21(4-2)16(12)19-13/h10,14H,3-9H2,1-2H3,(H,19,20). The number of aryl methyl sites for hydroxylation is 2. The van der Waals surface area contributed by atoms with Crippen LogP contribution in [0.3, 0.4) is 0 Å². The Morgan fingerprint density at radius 1 is 1.41 bits per heavy atom. The minimum atomic E-state index is 0.0519. The Morgan fingerprint density at radius 2 is 2.27 bits per heavy atom. The maximum atomic E-state index is 6.23. The summed E-state index contributed by atoms with van der Waals surface area (Å²) in [7, 11) is 0. The van der Waals surface area contributed by atoms with E-state index in [1.807, 2.05) is 10.9 Å². The lowest BCUT2D eigenvalue weighted by Gasteiger charge is -2.26. The van der Waals surface area contributed by atoms with E-state index in [4.69, 9.17) is 21.3 Å². The van der Waals surface area contributed by atoms with Crippen LogP contribution in [0.1, 0.15) is 44.4 Å². The number of rotatable bonds is 5. The number of alkyl halides is 1. The Hall–Kier alpha value is -1.33. The van der Waals surface area contributed by atoms with Gasteiger partial charge < -0.3 is 10.1 Å². The van der Waals surface area contributed by atoms with E-state index in [1.54, 1.807) is 0 Å². The Bertz CT molecular complexity index is 649. The Balaban J connectivity index is 2.09. The normalized spacial score (nSPS) is 18.8. The van der Waals surface area contributed by atoms with Crippen LogP contribution in [0.5, 0.6) is 0 Å². The van der Waals surface area contributed by atoms with Gasteiger partial charge in [-0.15, -0.1) is 11.6 Å². The number of fused-ring (bicyclic) bond motifs is 1. The fourth-order valence-corrected chi connectivity index (χ4v) is 3.31. The molecule has 1 atom stereocenters. The lowest BCUT2D eigenvalue weighted by Crippen LogP contribution is -2.28. The van der Waals surface area contributed by atoms with E-state index in [1.165, 1.54) is 6.42 Å². The topological polar surface area (TPSA) is 52.0 Å². The quantitative estimate of drug-likeness (QED) is 0.853. The second-order valence-electron chi connectivity index (χ2n) is 5.60. The number of hydrogen-bond donors (Lipinski definition) is 1. The van der Waals surface area contributed by atoms with Crippen molar-refractivity contribution in [2.24, 2.45) is 0 Å². The first kappa shape index (κ1) is 15.6. The second-order valence-corrected chi connectivity index (χ2v) is 5.86. The van der Waals surface area contributed by atoms with Crippen molar-refractivity contribution in [2.45, 2.75) is 58.2 Å². The molecule has 1 fully saturated rings. The molecule has 0 aliphatic carbocycles. The maximum Gasteiger partial charge on any atom is 0.160 e. The molecule has 1 aliphatic heterocycles. The molecule has 120 valence electrons. The summed E-state index contributed by atoms with van der Waals surface area (Å²) in [4.78, 5) is 4.78. The second kappa shape index (κ2) is 6.84. The SMILES string of the molecule is CCc1nc2c(cnn2CC)c(NC2CCCCO2)c1CCl. The predicted octanol–water partition coefficient (Wildman–Crippen LogP) is 3.69. The van der Waals surface area contributed by atoms with Gasteiger partial charge in [-0.1, -0.05) is 6.92 Å². The highest BCUT2D eigenvalue weighted by Gasteiger charge is 2.21. The minimum Gasteiger partial charge on any atom is -0.359 e. The van der Waals surface area contributed by atoms with Crippen LogP contribution >= 0.6 is 11.6 Å². The van der Waals surface area contributed by atoms with Crippen molar-refractivity contribution in [3.8, 4) is 0 Å². The summed E-state index contributed by atoms with van der Waals surface area (Å²) in [5.74, 6) is 0.443. The average Bonchev–Trinajstić information content (AvgIpc) is 2.98. The molecule has 1 unspecified atom stereocenters. The van der Waals surface area contributed by atoms with Gasteiger partial charge in [-0.2, -0.15) is 5.10 Å². The lowest BCUT2D eigenvalue weighted by atomic mass is 10.1. The van der Waals surface area contributed by atoms with Crippen LogP contribution in [0.2, 0.25) is 0 Å². The first-order valence-corrected chi connectivity index (χ1v) is 8.63. The summed E-state index contributed by atoms with van der Waals surface area (Å²) in [5, 5.41) is 9.04. The first-order valence-electron chi connectivity index (χ1n) is 8.09. The van der Waals surface area contributed by atoms with Gasteiger partial charge in [-0.3, -0.25) is 0 Å². The van der Waals surface area contributed by atoms with E-state index in [9.17, 15) is 0 Å².